The average Bonchev–Trinajstić information content (AvgIpc) is 2.36. The van der Waals surface area contributed by atoms with E-state index in [1.807, 2.05) is 13.8 Å². The average molecular weight is 347 g/mol. The number of hydrogen-bond donors (Lipinski definition) is 2. The third-order valence-electron chi connectivity index (χ3n) is 3.58. The van der Waals surface area contributed by atoms with Gasteiger partial charge in [-0.25, -0.2) is 13.6 Å². The van der Waals surface area contributed by atoms with Crippen molar-refractivity contribution in [1.82, 2.24) is 4.31 Å². The van der Waals surface area contributed by atoms with E-state index >= 15 is 0 Å². The molecule has 0 amide bonds. The van der Waals surface area contributed by atoms with Gasteiger partial charge in [-0.1, -0.05) is 19.9 Å². The largest absolute Gasteiger partial charge is 0.301 e. The SMILES string of the molecule is CC1CC(C)CN(S(=O)(=O)Nc2cccc(S(N)(=O)=O)c2)C1. The van der Waals surface area contributed by atoms with E-state index in [4.69, 9.17) is 5.14 Å². The number of nitrogens with zero attached hydrogens (tertiary/aromatic N) is 1. The lowest BCUT2D eigenvalue weighted by molar-refractivity contribution is 0.223. The summed E-state index contributed by atoms with van der Waals surface area (Å²) >= 11 is 0. The van der Waals surface area contributed by atoms with E-state index in [0.29, 0.717) is 13.1 Å². The van der Waals surface area contributed by atoms with Gasteiger partial charge in [-0.05, 0) is 36.5 Å². The second-order valence-corrected chi connectivity index (χ2v) is 9.18. The van der Waals surface area contributed by atoms with Crippen molar-refractivity contribution < 1.29 is 16.8 Å². The Morgan fingerprint density at radius 2 is 1.73 bits per heavy atom. The van der Waals surface area contributed by atoms with Gasteiger partial charge in [0.15, 0.2) is 0 Å². The summed E-state index contributed by atoms with van der Waals surface area (Å²) in [6.45, 7) is 4.93. The van der Waals surface area contributed by atoms with Crippen LogP contribution in [0.5, 0.6) is 0 Å². The van der Waals surface area contributed by atoms with E-state index in [1.165, 1.54) is 28.6 Å². The predicted molar refractivity (Wildman–Crippen MR) is 84.9 cm³/mol. The van der Waals surface area contributed by atoms with Crippen molar-refractivity contribution in [2.75, 3.05) is 17.8 Å². The van der Waals surface area contributed by atoms with E-state index in [-0.39, 0.29) is 22.4 Å². The Bertz CT molecular complexity index is 736. The molecule has 2 rings (SSSR count). The van der Waals surface area contributed by atoms with Gasteiger partial charge in [0.2, 0.25) is 10.0 Å². The van der Waals surface area contributed by atoms with Gasteiger partial charge in [-0.15, -0.1) is 0 Å². The highest BCUT2D eigenvalue weighted by Crippen LogP contribution is 2.24. The molecule has 2 unspecified atom stereocenters. The molecule has 1 aromatic carbocycles. The van der Waals surface area contributed by atoms with Gasteiger partial charge in [0.25, 0.3) is 0 Å². The first kappa shape index (κ1) is 17.2. The second-order valence-electron chi connectivity index (χ2n) is 5.94. The smallest absolute Gasteiger partial charge is 0.271 e. The van der Waals surface area contributed by atoms with Crippen molar-refractivity contribution in [1.29, 1.82) is 0 Å². The number of nitrogens with one attached hydrogen (secondary N) is 1. The van der Waals surface area contributed by atoms with Crippen LogP contribution in [0.1, 0.15) is 20.3 Å². The molecule has 1 heterocycles. The van der Waals surface area contributed by atoms with E-state index < -0.39 is 20.2 Å². The molecular formula is C13H21N3O4S2. The Balaban J connectivity index is 2.22. The zero-order valence-corrected chi connectivity index (χ0v) is 14.2. The summed E-state index contributed by atoms with van der Waals surface area (Å²) in [7, 11) is -7.59. The summed E-state index contributed by atoms with van der Waals surface area (Å²) in [5.41, 5.74) is 0.178. The zero-order valence-electron chi connectivity index (χ0n) is 12.6. The molecule has 0 spiro atoms. The molecule has 2 atom stereocenters. The maximum Gasteiger partial charge on any atom is 0.301 e. The van der Waals surface area contributed by atoms with Crippen molar-refractivity contribution in [2.24, 2.45) is 17.0 Å². The molecule has 0 radical (unpaired) electrons. The number of rotatable bonds is 4. The minimum absolute atomic E-state index is 0.131. The third kappa shape index (κ3) is 4.19. The van der Waals surface area contributed by atoms with Crippen LogP contribution in [0.15, 0.2) is 29.2 Å². The molecule has 7 nitrogen and oxygen atoms in total. The van der Waals surface area contributed by atoms with Crippen LogP contribution in [-0.4, -0.2) is 34.2 Å². The Morgan fingerprint density at radius 3 is 2.27 bits per heavy atom. The highest BCUT2D eigenvalue weighted by atomic mass is 32.2. The molecule has 1 aliphatic rings. The van der Waals surface area contributed by atoms with Gasteiger partial charge in [0.1, 0.15) is 0 Å². The van der Waals surface area contributed by atoms with Crippen LogP contribution in [0.2, 0.25) is 0 Å². The number of primary sulfonamides is 1. The van der Waals surface area contributed by atoms with Gasteiger partial charge in [0, 0.05) is 13.1 Å². The molecule has 1 aromatic rings. The lowest BCUT2D eigenvalue weighted by atomic mass is 9.94. The van der Waals surface area contributed by atoms with E-state index in [0.717, 1.165) is 6.42 Å². The van der Waals surface area contributed by atoms with Crippen molar-refractivity contribution in [3.8, 4) is 0 Å². The molecule has 22 heavy (non-hydrogen) atoms. The molecule has 1 saturated heterocycles. The first-order valence-corrected chi connectivity index (χ1v) is 9.97. The van der Waals surface area contributed by atoms with E-state index in [9.17, 15) is 16.8 Å². The number of sulfonamides is 1. The number of hydrogen-bond acceptors (Lipinski definition) is 4. The molecule has 1 fully saturated rings. The third-order valence-corrected chi connectivity index (χ3v) is 5.97. The topological polar surface area (TPSA) is 110 Å². The molecule has 9 heteroatoms. The lowest BCUT2D eigenvalue weighted by Crippen LogP contribution is -2.45. The van der Waals surface area contributed by atoms with Gasteiger partial charge < -0.3 is 0 Å². The van der Waals surface area contributed by atoms with Crippen LogP contribution in [-0.2, 0) is 20.2 Å². The summed E-state index contributed by atoms with van der Waals surface area (Å²) in [5.74, 6) is 0.576. The molecule has 0 bridgehead atoms. The normalized spacial score (nSPS) is 24.1. The van der Waals surface area contributed by atoms with Crippen LogP contribution in [0.25, 0.3) is 0 Å². The Labute approximate surface area is 131 Å². The van der Waals surface area contributed by atoms with Gasteiger partial charge >= 0.3 is 10.2 Å². The molecule has 124 valence electrons. The second kappa shape index (κ2) is 6.15. The number of nitrogens with two attached hydrogens (primary N) is 1. The molecule has 0 saturated carbocycles. The fraction of sp³-hybridized carbons (Fsp3) is 0.538. The van der Waals surface area contributed by atoms with Crippen LogP contribution in [0, 0.1) is 11.8 Å². The quantitative estimate of drug-likeness (QED) is 0.845. The standard InChI is InChI=1S/C13H21N3O4S2/c1-10-6-11(2)9-16(8-10)22(19,20)15-12-4-3-5-13(7-12)21(14,17)18/h3-5,7,10-11,15H,6,8-9H2,1-2H3,(H2,14,17,18). The minimum Gasteiger partial charge on any atom is -0.271 e. The van der Waals surface area contributed by atoms with Gasteiger partial charge in [0.05, 0.1) is 10.6 Å². The fourth-order valence-corrected chi connectivity index (χ4v) is 4.77. The van der Waals surface area contributed by atoms with Gasteiger partial charge in [-0.3, -0.25) is 4.72 Å². The molecule has 0 aliphatic carbocycles. The minimum atomic E-state index is -3.87. The Morgan fingerprint density at radius 1 is 1.14 bits per heavy atom. The van der Waals surface area contributed by atoms with Crippen molar-refractivity contribution in [2.45, 2.75) is 25.2 Å². The number of anilines is 1. The lowest BCUT2D eigenvalue weighted by Gasteiger charge is -2.34. The number of piperidine rings is 1. The van der Waals surface area contributed by atoms with E-state index in [1.54, 1.807) is 0 Å². The summed E-state index contributed by atoms with van der Waals surface area (Å²) in [4.78, 5) is -0.131. The first-order chi connectivity index (χ1) is 10.1. The maximum absolute atomic E-state index is 12.4. The maximum atomic E-state index is 12.4. The van der Waals surface area contributed by atoms with Crippen LogP contribution >= 0.6 is 0 Å². The summed E-state index contributed by atoms with van der Waals surface area (Å²) in [6, 6.07) is 5.46. The highest BCUT2D eigenvalue weighted by molar-refractivity contribution is 7.90. The Hall–Kier alpha value is -1.16. The van der Waals surface area contributed by atoms with Crippen LogP contribution < -0.4 is 9.86 Å². The molecule has 3 N–H and O–H groups in total. The Kier molecular flexibility index (Phi) is 4.81. The zero-order chi connectivity index (χ0) is 16.5. The van der Waals surface area contributed by atoms with Crippen molar-refractivity contribution in [3.63, 3.8) is 0 Å². The molecule has 1 aliphatic heterocycles. The number of benzene rings is 1. The molecular weight excluding hydrogens is 326 g/mol. The highest BCUT2D eigenvalue weighted by Gasteiger charge is 2.30. The van der Waals surface area contributed by atoms with Gasteiger partial charge in [-0.2, -0.15) is 12.7 Å². The summed E-state index contributed by atoms with van der Waals surface area (Å²) < 4.78 is 51.4. The van der Waals surface area contributed by atoms with Crippen molar-refractivity contribution in [3.05, 3.63) is 24.3 Å². The van der Waals surface area contributed by atoms with E-state index in [2.05, 4.69) is 4.72 Å². The van der Waals surface area contributed by atoms with Crippen molar-refractivity contribution >= 4 is 25.9 Å². The van der Waals surface area contributed by atoms with Crippen LogP contribution in [0.4, 0.5) is 5.69 Å². The fourth-order valence-electron chi connectivity index (χ4n) is 2.75. The predicted octanol–water partition coefficient (Wildman–Crippen LogP) is 0.969. The summed E-state index contributed by atoms with van der Waals surface area (Å²) in [5, 5.41) is 5.05. The van der Waals surface area contributed by atoms with Crippen LogP contribution in [0.3, 0.4) is 0 Å². The first-order valence-electron chi connectivity index (χ1n) is 6.98. The molecule has 0 aromatic heterocycles. The summed E-state index contributed by atoms with van der Waals surface area (Å²) in [6.07, 6.45) is 0.993. The monoisotopic (exact) mass is 347 g/mol.